The van der Waals surface area contributed by atoms with Gasteiger partial charge in [0.25, 0.3) is 6.20 Å². The lowest BCUT2D eigenvalue weighted by Crippen LogP contribution is -2.62. The molecule has 3 rings (SSSR count). The van der Waals surface area contributed by atoms with Gasteiger partial charge in [-0.3, -0.25) is 9.84 Å². The maximum atomic E-state index is 12.4. The number of para-hydroxylation sites is 2. The van der Waals surface area contributed by atoms with E-state index in [4.69, 9.17) is 23.5 Å². The van der Waals surface area contributed by atoms with E-state index in [0.717, 1.165) is 0 Å². The maximum Gasteiger partial charge on any atom is 0.414 e. The first-order valence-corrected chi connectivity index (χ1v) is 10.2. The van der Waals surface area contributed by atoms with Crippen LogP contribution in [-0.2, 0) is 9.47 Å². The van der Waals surface area contributed by atoms with Crippen LogP contribution in [0.15, 0.2) is 35.0 Å². The molecule has 1 aliphatic heterocycles. The van der Waals surface area contributed by atoms with Crippen LogP contribution in [0.2, 0.25) is 0 Å². The highest BCUT2D eigenvalue weighted by atomic mass is 16.6. The number of nitrogens with one attached hydrogen (secondary N) is 2. The summed E-state index contributed by atoms with van der Waals surface area (Å²) in [6, 6.07) is 7.53. The van der Waals surface area contributed by atoms with Gasteiger partial charge in [0.15, 0.2) is 11.5 Å². The molecule has 1 fully saturated rings. The van der Waals surface area contributed by atoms with E-state index in [9.17, 15) is 4.79 Å². The van der Waals surface area contributed by atoms with Crippen LogP contribution in [-0.4, -0.2) is 70.1 Å². The van der Waals surface area contributed by atoms with E-state index in [2.05, 4.69) is 15.9 Å². The topological polar surface area (TPSA) is 111 Å². The number of carbonyl (C=O) groups is 1. The Balaban J connectivity index is 1.55. The molecule has 1 aromatic carbocycles. The van der Waals surface area contributed by atoms with Crippen molar-refractivity contribution in [1.82, 2.24) is 10.6 Å². The van der Waals surface area contributed by atoms with Crippen LogP contribution in [0.1, 0.15) is 13.8 Å². The molecule has 31 heavy (non-hydrogen) atoms. The summed E-state index contributed by atoms with van der Waals surface area (Å²) in [5.41, 5.74) is 0. The first-order chi connectivity index (χ1) is 15.0. The van der Waals surface area contributed by atoms with Crippen LogP contribution in [0.3, 0.4) is 0 Å². The quantitative estimate of drug-likeness (QED) is 0.526. The smallest absolute Gasteiger partial charge is 0.414 e. The number of nitrogens with zero attached hydrogens (tertiary/aromatic N) is 3. The number of hydrogen-bond donors (Lipinski definition) is 2. The Bertz CT molecular complexity index is 824. The summed E-state index contributed by atoms with van der Waals surface area (Å²) in [7, 11) is 1.57. The SMILES string of the molecule is COc1ccccc1OCC(CNC(C)C)OC(=O)Nc1c[n+](N2CCOCC2)no1. The van der Waals surface area contributed by atoms with Crippen LogP contribution in [0.5, 0.6) is 11.5 Å². The second-order valence-electron chi connectivity index (χ2n) is 7.23. The first kappa shape index (κ1) is 22.6. The molecule has 11 heteroatoms. The molecular formula is C20H30N5O6+. The Morgan fingerprint density at radius 2 is 2.00 bits per heavy atom. The Labute approximate surface area is 181 Å². The summed E-state index contributed by atoms with van der Waals surface area (Å²) < 4.78 is 27.2. The molecule has 0 spiro atoms. The van der Waals surface area contributed by atoms with Crippen molar-refractivity contribution in [2.24, 2.45) is 0 Å². The molecule has 1 unspecified atom stereocenters. The molecule has 1 atom stereocenters. The average molecular weight is 436 g/mol. The highest BCUT2D eigenvalue weighted by Gasteiger charge is 2.25. The van der Waals surface area contributed by atoms with Crippen molar-refractivity contribution in [3.05, 3.63) is 30.5 Å². The van der Waals surface area contributed by atoms with Gasteiger partial charge in [-0.25, -0.2) is 4.79 Å². The van der Waals surface area contributed by atoms with Gasteiger partial charge >= 0.3 is 12.0 Å². The summed E-state index contributed by atoms with van der Waals surface area (Å²) in [5, 5.41) is 11.7. The molecule has 2 aromatic rings. The number of methoxy groups -OCH3 is 1. The van der Waals surface area contributed by atoms with Gasteiger partial charge in [-0.2, -0.15) is 0 Å². The minimum absolute atomic E-state index is 0.150. The third-order valence-corrected chi connectivity index (χ3v) is 4.48. The summed E-state index contributed by atoms with van der Waals surface area (Å²) in [6.07, 6.45) is 0.380. The van der Waals surface area contributed by atoms with Gasteiger partial charge in [0, 0.05) is 12.6 Å². The van der Waals surface area contributed by atoms with Crippen LogP contribution in [0.4, 0.5) is 10.7 Å². The van der Waals surface area contributed by atoms with Gasteiger partial charge in [0.1, 0.15) is 12.7 Å². The van der Waals surface area contributed by atoms with Crippen molar-refractivity contribution in [3.8, 4) is 11.5 Å². The number of hydrogen-bond acceptors (Lipinski definition) is 9. The van der Waals surface area contributed by atoms with Gasteiger partial charge < -0.3 is 24.3 Å². The van der Waals surface area contributed by atoms with E-state index in [1.165, 1.54) is 0 Å². The Hall–Kier alpha value is -3.05. The average Bonchev–Trinajstić information content (AvgIpc) is 3.24. The number of morpholine rings is 1. The Morgan fingerprint density at radius 1 is 1.26 bits per heavy atom. The van der Waals surface area contributed by atoms with Gasteiger partial charge in [0.05, 0.1) is 38.2 Å². The van der Waals surface area contributed by atoms with Gasteiger partial charge in [-0.1, -0.05) is 26.0 Å². The lowest BCUT2D eigenvalue weighted by molar-refractivity contribution is -0.759. The zero-order valence-corrected chi connectivity index (χ0v) is 18.1. The number of aromatic nitrogens is 2. The molecule has 0 saturated carbocycles. The molecule has 1 aliphatic rings. The number of rotatable bonds is 10. The van der Waals surface area contributed by atoms with E-state index in [1.807, 2.05) is 31.0 Å². The van der Waals surface area contributed by atoms with Crippen LogP contribution in [0, 0.1) is 0 Å². The fraction of sp³-hybridized carbons (Fsp3) is 0.550. The molecule has 2 heterocycles. The van der Waals surface area contributed by atoms with Crippen molar-refractivity contribution in [2.45, 2.75) is 26.0 Å². The molecule has 170 valence electrons. The largest absolute Gasteiger partial charge is 0.493 e. The fourth-order valence-corrected chi connectivity index (χ4v) is 2.89. The van der Waals surface area contributed by atoms with Crippen LogP contribution < -0.4 is 29.9 Å². The second kappa shape index (κ2) is 11.4. The van der Waals surface area contributed by atoms with Gasteiger partial charge in [-0.15, -0.1) is 5.01 Å². The molecule has 0 aliphatic carbocycles. The molecule has 11 nitrogen and oxygen atoms in total. The van der Waals surface area contributed by atoms with Crippen molar-refractivity contribution in [2.75, 3.05) is 56.9 Å². The molecule has 2 N–H and O–H groups in total. The highest BCUT2D eigenvalue weighted by molar-refractivity contribution is 5.82. The highest BCUT2D eigenvalue weighted by Crippen LogP contribution is 2.25. The first-order valence-electron chi connectivity index (χ1n) is 10.2. The lowest BCUT2D eigenvalue weighted by Gasteiger charge is -2.20. The van der Waals surface area contributed by atoms with Crippen molar-refractivity contribution in [1.29, 1.82) is 0 Å². The number of anilines is 1. The summed E-state index contributed by atoms with van der Waals surface area (Å²) in [4.78, 5) is 14.0. The maximum absolute atomic E-state index is 12.4. The van der Waals surface area contributed by atoms with E-state index < -0.39 is 12.2 Å². The third-order valence-electron chi connectivity index (χ3n) is 4.48. The van der Waals surface area contributed by atoms with Crippen LogP contribution in [0.25, 0.3) is 0 Å². The molecule has 0 bridgehead atoms. The van der Waals surface area contributed by atoms with E-state index >= 15 is 0 Å². The second-order valence-corrected chi connectivity index (χ2v) is 7.23. The monoisotopic (exact) mass is 436 g/mol. The zero-order valence-electron chi connectivity index (χ0n) is 18.1. The predicted molar refractivity (Wildman–Crippen MR) is 111 cm³/mol. The Kier molecular flexibility index (Phi) is 8.30. The van der Waals surface area contributed by atoms with Crippen molar-refractivity contribution < 1.29 is 33.1 Å². The van der Waals surface area contributed by atoms with E-state index in [0.29, 0.717) is 44.3 Å². The van der Waals surface area contributed by atoms with Crippen molar-refractivity contribution >= 4 is 12.0 Å². The third kappa shape index (κ3) is 7.00. The fourth-order valence-electron chi connectivity index (χ4n) is 2.89. The molecule has 1 aromatic heterocycles. The number of amides is 1. The standard InChI is InChI=1S/C20H29N5O6/c1-15(2)21-12-16(14-29-18-7-5-4-6-17(18)27-3)30-20(26)22-19-13-25(23-31-19)24-8-10-28-11-9-24/h4-7,13,15-16,21H,8-12,14H2,1-3H3/p+1. The summed E-state index contributed by atoms with van der Waals surface area (Å²) in [6.45, 7) is 7.19. The lowest BCUT2D eigenvalue weighted by atomic mass is 10.3. The zero-order chi connectivity index (χ0) is 22.1. The van der Waals surface area contributed by atoms with Crippen LogP contribution >= 0.6 is 0 Å². The van der Waals surface area contributed by atoms with Gasteiger partial charge in [0.2, 0.25) is 5.27 Å². The summed E-state index contributed by atoms with van der Waals surface area (Å²) in [5.74, 6) is 1.36. The number of benzene rings is 1. The number of carbonyl (C=O) groups excluding carboxylic acids is 1. The molecule has 1 saturated heterocycles. The summed E-state index contributed by atoms with van der Waals surface area (Å²) >= 11 is 0. The molecule has 0 radical (unpaired) electrons. The minimum Gasteiger partial charge on any atom is -0.493 e. The Morgan fingerprint density at radius 3 is 2.71 bits per heavy atom. The molecule has 1 amide bonds. The van der Waals surface area contributed by atoms with Crippen molar-refractivity contribution in [3.63, 3.8) is 0 Å². The van der Waals surface area contributed by atoms with E-state index in [1.54, 1.807) is 30.2 Å². The molecular weight excluding hydrogens is 406 g/mol. The van der Waals surface area contributed by atoms with E-state index in [-0.39, 0.29) is 18.5 Å². The number of ether oxygens (including phenoxy) is 4. The normalized spacial score (nSPS) is 14.9. The predicted octanol–water partition coefficient (Wildman–Crippen LogP) is 0.933. The minimum atomic E-state index is -0.663. The van der Waals surface area contributed by atoms with Gasteiger partial charge in [-0.05, 0) is 12.1 Å².